The van der Waals surface area contributed by atoms with Gasteiger partial charge < -0.3 is 0 Å². The van der Waals surface area contributed by atoms with E-state index in [-0.39, 0.29) is 11.8 Å². The summed E-state index contributed by atoms with van der Waals surface area (Å²) in [7, 11) is 0. The van der Waals surface area contributed by atoms with Gasteiger partial charge in [-0.15, -0.1) is 0 Å². The Balaban J connectivity index is 2.45. The average molecular weight is 317 g/mol. The van der Waals surface area contributed by atoms with Gasteiger partial charge in [-0.25, -0.2) is 0 Å². The van der Waals surface area contributed by atoms with Crippen molar-refractivity contribution in [1.82, 2.24) is 10.9 Å². The highest BCUT2D eigenvalue weighted by Gasteiger charge is 2.09. The molecule has 0 atom stereocenters. The number of hydrogen-bond acceptors (Lipinski definition) is 3. The monoisotopic (exact) mass is 316 g/mol. The molecule has 92 valence electrons. The topological polar surface area (TPSA) is 58.2 Å². The number of rotatable bonds is 4. The average Bonchev–Trinajstić information content (AvgIpc) is 2.34. The number of hydrogen-bond donors (Lipinski definition) is 2. The lowest BCUT2D eigenvalue weighted by atomic mass is 10.2. The summed E-state index contributed by atoms with van der Waals surface area (Å²) in [5.41, 5.74) is 5.22. The van der Waals surface area contributed by atoms with E-state index in [1.165, 1.54) is 0 Å². The van der Waals surface area contributed by atoms with Crippen molar-refractivity contribution in [3.8, 4) is 0 Å². The lowest BCUT2D eigenvalue weighted by Gasteiger charge is -2.07. The van der Waals surface area contributed by atoms with Gasteiger partial charge >= 0.3 is 0 Å². The molecule has 0 aromatic heterocycles. The zero-order valence-electron chi connectivity index (χ0n) is 9.33. The van der Waals surface area contributed by atoms with Crippen molar-refractivity contribution in [2.24, 2.45) is 0 Å². The van der Waals surface area contributed by atoms with Gasteiger partial charge in [0.1, 0.15) is 0 Å². The normalized spacial score (nSPS) is 9.76. The quantitative estimate of drug-likeness (QED) is 0.835. The molecule has 0 aliphatic rings. The van der Waals surface area contributed by atoms with Crippen LogP contribution >= 0.6 is 27.7 Å². The molecule has 0 radical (unpaired) electrons. The van der Waals surface area contributed by atoms with Crippen LogP contribution in [0.3, 0.4) is 0 Å². The van der Waals surface area contributed by atoms with Crippen LogP contribution in [0, 0.1) is 0 Å². The Labute approximate surface area is 113 Å². The first-order valence-corrected chi connectivity index (χ1v) is 7.16. The highest BCUT2D eigenvalue weighted by molar-refractivity contribution is 9.10. The summed E-state index contributed by atoms with van der Waals surface area (Å²) in [5, 5.41) is 0. The number of amides is 2. The van der Waals surface area contributed by atoms with E-state index in [2.05, 4.69) is 26.8 Å². The van der Waals surface area contributed by atoms with Crippen LogP contribution in [0.5, 0.6) is 0 Å². The third-order valence-electron chi connectivity index (χ3n) is 1.97. The maximum Gasteiger partial charge on any atom is 0.270 e. The Bertz CT molecular complexity index is 412. The summed E-state index contributed by atoms with van der Waals surface area (Å²) >= 11 is 4.85. The van der Waals surface area contributed by atoms with E-state index < -0.39 is 0 Å². The minimum atomic E-state index is -0.338. The third-order valence-corrected chi connectivity index (χ3v) is 3.27. The first kappa shape index (κ1) is 14.1. The number of halogens is 1. The van der Waals surface area contributed by atoms with Crippen LogP contribution in [0.2, 0.25) is 0 Å². The highest BCUT2D eigenvalue weighted by Crippen LogP contribution is 2.15. The van der Waals surface area contributed by atoms with Gasteiger partial charge in [-0.05, 0) is 34.3 Å². The number of benzene rings is 1. The molecule has 6 heteroatoms. The van der Waals surface area contributed by atoms with E-state index in [0.717, 1.165) is 5.75 Å². The summed E-state index contributed by atoms with van der Waals surface area (Å²) in [4.78, 5) is 23.0. The van der Waals surface area contributed by atoms with E-state index in [1.807, 2.05) is 12.3 Å². The second-order valence-electron chi connectivity index (χ2n) is 3.22. The summed E-state index contributed by atoms with van der Waals surface area (Å²) in [5.74, 6) is 0.200. The molecule has 1 aromatic rings. The molecule has 0 aliphatic heterocycles. The smallest absolute Gasteiger partial charge is 0.270 e. The van der Waals surface area contributed by atoms with Crippen LogP contribution in [-0.2, 0) is 4.79 Å². The van der Waals surface area contributed by atoms with Crippen molar-refractivity contribution in [2.75, 3.05) is 12.0 Å². The predicted molar refractivity (Wildman–Crippen MR) is 72.7 cm³/mol. The molecule has 0 unspecified atom stereocenters. The molecule has 0 aliphatic carbocycles. The van der Waals surface area contributed by atoms with Gasteiger partial charge in [0.05, 0.1) is 5.56 Å². The molecular formula is C11H13BrN2O2S. The number of nitrogens with one attached hydrogen (secondary N) is 2. The largest absolute Gasteiger partial charge is 0.273 e. The molecule has 0 spiro atoms. The Morgan fingerprint density at radius 2 is 2.00 bits per heavy atom. The Morgan fingerprint density at radius 3 is 2.65 bits per heavy atom. The first-order chi connectivity index (χ1) is 8.15. The zero-order chi connectivity index (χ0) is 12.7. The van der Waals surface area contributed by atoms with Gasteiger partial charge in [-0.2, -0.15) is 11.8 Å². The molecule has 2 N–H and O–H groups in total. The van der Waals surface area contributed by atoms with Crippen LogP contribution in [0.4, 0.5) is 0 Å². The Hall–Kier alpha value is -1.01. The molecule has 17 heavy (non-hydrogen) atoms. The first-order valence-electron chi connectivity index (χ1n) is 4.98. The number of carbonyl (C=O) groups excluding carboxylic acids is 2. The maximum absolute atomic E-state index is 11.7. The minimum Gasteiger partial charge on any atom is -0.273 e. The molecule has 0 saturated carbocycles. The predicted octanol–water partition coefficient (Wildman–Crippen LogP) is 1.96. The van der Waals surface area contributed by atoms with E-state index in [1.54, 1.807) is 30.0 Å². The fourth-order valence-corrected chi connectivity index (χ4v) is 1.95. The van der Waals surface area contributed by atoms with E-state index in [9.17, 15) is 9.59 Å². The lowest BCUT2D eigenvalue weighted by Crippen LogP contribution is -2.41. The third kappa shape index (κ3) is 4.79. The summed E-state index contributed by atoms with van der Waals surface area (Å²) < 4.78 is 0.691. The van der Waals surface area contributed by atoms with Crippen LogP contribution in [0.15, 0.2) is 28.7 Å². The Morgan fingerprint density at radius 1 is 1.29 bits per heavy atom. The van der Waals surface area contributed by atoms with Gasteiger partial charge in [0.2, 0.25) is 5.91 Å². The van der Waals surface area contributed by atoms with Gasteiger partial charge in [0.15, 0.2) is 0 Å². The molecule has 0 heterocycles. The summed E-state index contributed by atoms with van der Waals surface area (Å²) in [6, 6.07) is 7.02. The number of carbonyl (C=O) groups is 2. The zero-order valence-corrected chi connectivity index (χ0v) is 11.7. The molecule has 1 aromatic carbocycles. The van der Waals surface area contributed by atoms with Gasteiger partial charge in [-0.3, -0.25) is 20.4 Å². The van der Waals surface area contributed by atoms with E-state index in [0.29, 0.717) is 16.5 Å². The van der Waals surface area contributed by atoms with E-state index >= 15 is 0 Å². The minimum absolute atomic E-state index is 0.195. The van der Waals surface area contributed by atoms with Crippen molar-refractivity contribution in [1.29, 1.82) is 0 Å². The van der Waals surface area contributed by atoms with Crippen LogP contribution in [-0.4, -0.2) is 23.8 Å². The highest BCUT2D eigenvalue weighted by atomic mass is 79.9. The van der Waals surface area contributed by atoms with Crippen LogP contribution in [0.1, 0.15) is 16.8 Å². The van der Waals surface area contributed by atoms with Crippen LogP contribution < -0.4 is 10.9 Å². The standard InChI is InChI=1S/C11H13BrN2O2S/c1-17-7-6-10(15)13-14-11(16)8-4-2-3-5-9(8)12/h2-5H,6-7H2,1H3,(H,13,15)(H,14,16). The molecule has 4 nitrogen and oxygen atoms in total. The van der Waals surface area contributed by atoms with Crippen molar-refractivity contribution < 1.29 is 9.59 Å². The van der Waals surface area contributed by atoms with Gasteiger partial charge in [-0.1, -0.05) is 12.1 Å². The summed E-state index contributed by atoms with van der Waals surface area (Å²) in [6.45, 7) is 0. The molecule has 0 fully saturated rings. The second-order valence-corrected chi connectivity index (χ2v) is 5.06. The maximum atomic E-state index is 11.7. The van der Waals surface area contributed by atoms with E-state index in [4.69, 9.17) is 0 Å². The van der Waals surface area contributed by atoms with Gasteiger partial charge in [0, 0.05) is 16.6 Å². The molecule has 0 saturated heterocycles. The number of thioether (sulfide) groups is 1. The fraction of sp³-hybridized carbons (Fsp3) is 0.273. The fourth-order valence-electron chi connectivity index (χ4n) is 1.10. The molecule has 2 amide bonds. The lowest BCUT2D eigenvalue weighted by molar-refractivity contribution is -0.121. The summed E-state index contributed by atoms with van der Waals surface area (Å²) in [6.07, 6.45) is 2.31. The van der Waals surface area contributed by atoms with Crippen LogP contribution in [0.25, 0.3) is 0 Å². The van der Waals surface area contributed by atoms with Crippen molar-refractivity contribution >= 4 is 39.5 Å². The SMILES string of the molecule is CSCCC(=O)NNC(=O)c1ccccc1Br. The molecule has 0 bridgehead atoms. The number of hydrazine groups is 1. The second kappa shape index (κ2) is 7.34. The Kier molecular flexibility index (Phi) is 6.07. The van der Waals surface area contributed by atoms with Crippen molar-refractivity contribution in [2.45, 2.75) is 6.42 Å². The van der Waals surface area contributed by atoms with Gasteiger partial charge in [0.25, 0.3) is 5.91 Å². The molecular weight excluding hydrogens is 304 g/mol. The van der Waals surface area contributed by atoms with Crippen molar-refractivity contribution in [3.63, 3.8) is 0 Å². The molecule has 1 rings (SSSR count). The van der Waals surface area contributed by atoms with Crippen molar-refractivity contribution in [3.05, 3.63) is 34.3 Å².